The SMILES string of the molecule is Cc1ccc(-c2cc3cc4sc(-c5ccc(C)o5)cc4cc3s2)o1. The van der Waals surface area contributed by atoms with Crippen LogP contribution in [0.15, 0.2) is 57.4 Å². The third-order valence-electron chi connectivity index (χ3n) is 4.12. The summed E-state index contributed by atoms with van der Waals surface area (Å²) in [6, 6.07) is 17.1. The molecule has 4 aromatic heterocycles. The van der Waals surface area contributed by atoms with Crippen LogP contribution in [0.4, 0.5) is 0 Å². The van der Waals surface area contributed by atoms with Gasteiger partial charge in [0.2, 0.25) is 0 Å². The van der Waals surface area contributed by atoms with E-state index in [9.17, 15) is 0 Å². The van der Waals surface area contributed by atoms with Crippen molar-refractivity contribution >= 4 is 42.8 Å². The van der Waals surface area contributed by atoms with E-state index in [4.69, 9.17) is 8.83 Å². The summed E-state index contributed by atoms with van der Waals surface area (Å²) in [5.41, 5.74) is 0. The molecule has 5 aromatic rings. The van der Waals surface area contributed by atoms with Crippen molar-refractivity contribution < 1.29 is 8.83 Å². The molecule has 4 heteroatoms. The zero-order chi connectivity index (χ0) is 16.3. The molecule has 0 unspecified atom stereocenters. The van der Waals surface area contributed by atoms with Crippen LogP contribution in [0.3, 0.4) is 0 Å². The maximum atomic E-state index is 5.76. The van der Waals surface area contributed by atoms with E-state index in [0.717, 1.165) is 23.0 Å². The van der Waals surface area contributed by atoms with Gasteiger partial charge in [-0.2, -0.15) is 0 Å². The first-order valence-electron chi connectivity index (χ1n) is 7.76. The number of benzene rings is 1. The maximum Gasteiger partial charge on any atom is 0.144 e. The van der Waals surface area contributed by atoms with E-state index >= 15 is 0 Å². The predicted molar refractivity (Wildman–Crippen MR) is 102 cm³/mol. The lowest BCUT2D eigenvalue weighted by Gasteiger charge is -1.89. The zero-order valence-corrected chi connectivity index (χ0v) is 14.9. The first kappa shape index (κ1) is 14.1. The van der Waals surface area contributed by atoms with E-state index in [1.54, 1.807) is 22.7 Å². The van der Waals surface area contributed by atoms with Crippen LogP contribution in [-0.2, 0) is 0 Å². The number of fused-ring (bicyclic) bond motifs is 2. The molecule has 24 heavy (non-hydrogen) atoms. The summed E-state index contributed by atoms with van der Waals surface area (Å²) in [4.78, 5) is 2.36. The number of hydrogen-bond acceptors (Lipinski definition) is 4. The van der Waals surface area contributed by atoms with E-state index in [2.05, 4.69) is 24.3 Å². The number of rotatable bonds is 2. The van der Waals surface area contributed by atoms with Crippen LogP contribution in [-0.4, -0.2) is 0 Å². The van der Waals surface area contributed by atoms with Gasteiger partial charge in [0.25, 0.3) is 0 Å². The van der Waals surface area contributed by atoms with Gasteiger partial charge in [0.05, 0.1) is 9.75 Å². The molecule has 0 aliphatic carbocycles. The number of furan rings is 2. The lowest BCUT2D eigenvalue weighted by Crippen LogP contribution is -1.63. The van der Waals surface area contributed by atoms with Crippen LogP contribution >= 0.6 is 22.7 Å². The molecular formula is C20H14O2S2. The van der Waals surface area contributed by atoms with Crippen LogP contribution in [0.2, 0.25) is 0 Å². The van der Waals surface area contributed by atoms with E-state index in [1.165, 1.54) is 29.9 Å². The van der Waals surface area contributed by atoms with Crippen molar-refractivity contribution in [3.8, 4) is 21.3 Å². The third kappa shape index (κ3) is 2.22. The van der Waals surface area contributed by atoms with Gasteiger partial charge in [-0.3, -0.25) is 0 Å². The highest BCUT2D eigenvalue weighted by Crippen LogP contribution is 2.40. The van der Waals surface area contributed by atoms with Gasteiger partial charge >= 0.3 is 0 Å². The van der Waals surface area contributed by atoms with Crippen molar-refractivity contribution in [2.24, 2.45) is 0 Å². The molecule has 0 aliphatic heterocycles. The summed E-state index contributed by atoms with van der Waals surface area (Å²) in [7, 11) is 0. The van der Waals surface area contributed by atoms with Gasteiger partial charge in [-0.1, -0.05) is 0 Å². The molecule has 0 saturated carbocycles. The average Bonchev–Trinajstić information content (AvgIpc) is 3.29. The summed E-state index contributed by atoms with van der Waals surface area (Å²) in [6.07, 6.45) is 0. The molecule has 0 radical (unpaired) electrons. The Balaban J connectivity index is 1.64. The number of aryl methyl sites for hydroxylation is 2. The van der Waals surface area contributed by atoms with Crippen molar-refractivity contribution in [3.05, 3.63) is 60.1 Å². The lowest BCUT2D eigenvalue weighted by atomic mass is 10.2. The molecule has 0 amide bonds. The van der Waals surface area contributed by atoms with E-state index in [-0.39, 0.29) is 0 Å². The molecular weight excluding hydrogens is 336 g/mol. The second-order valence-electron chi connectivity index (χ2n) is 5.97. The van der Waals surface area contributed by atoms with Gasteiger partial charge in [0.1, 0.15) is 23.0 Å². The van der Waals surface area contributed by atoms with E-state index in [0.29, 0.717) is 0 Å². The second kappa shape index (κ2) is 5.10. The Bertz CT molecular complexity index is 1040. The maximum absolute atomic E-state index is 5.76. The fourth-order valence-corrected chi connectivity index (χ4v) is 5.06. The number of hydrogen-bond donors (Lipinski definition) is 0. The average molecular weight is 350 g/mol. The van der Waals surface area contributed by atoms with Crippen molar-refractivity contribution in [2.45, 2.75) is 13.8 Å². The van der Waals surface area contributed by atoms with Crippen molar-refractivity contribution in [3.63, 3.8) is 0 Å². The molecule has 0 fully saturated rings. The van der Waals surface area contributed by atoms with E-state index < -0.39 is 0 Å². The van der Waals surface area contributed by atoms with Gasteiger partial charge in [-0.05, 0) is 73.2 Å². The highest BCUT2D eigenvalue weighted by Gasteiger charge is 2.12. The molecule has 2 nitrogen and oxygen atoms in total. The largest absolute Gasteiger partial charge is 0.461 e. The summed E-state index contributed by atoms with van der Waals surface area (Å²) in [5, 5.41) is 2.53. The standard InChI is InChI=1S/C20H14O2S2/c1-11-3-5-15(21-11)19-9-13-7-18-14(8-17(13)23-19)10-20(24-18)16-6-4-12(2)22-16/h3-10H,1-2H3. The first-order valence-corrected chi connectivity index (χ1v) is 9.40. The van der Waals surface area contributed by atoms with Gasteiger partial charge in [0.15, 0.2) is 0 Å². The highest BCUT2D eigenvalue weighted by molar-refractivity contribution is 7.23. The fraction of sp³-hybridized carbons (Fsp3) is 0.100. The normalized spacial score (nSPS) is 11.8. The lowest BCUT2D eigenvalue weighted by molar-refractivity contribution is 0.549. The summed E-state index contributed by atoms with van der Waals surface area (Å²) < 4.78 is 14.1. The minimum Gasteiger partial charge on any atom is -0.461 e. The molecule has 0 atom stereocenters. The quantitative estimate of drug-likeness (QED) is 0.335. The molecule has 5 rings (SSSR count). The van der Waals surface area contributed by atoms with Crippen molar-refractivity contribution in [1.29, 1.82) is 0 Å². The molecule has 1 aromatic carbocycles. The summed E-state index contributed by atoms with van der Waals surface area (Å²) >= 11 is 3.55. The Hall–Kier alpha value is -2.30. The van der Waals surface area contributed by atoms with Crippen LogP contribution < -0.4 is 0 Å². The van der Waals surface area contributed by atoms with Gasteiger partial charge in [0, 0.05) is 9.40 Å². The molecule has 0 N–H and O–H groups in total. The molecule has 118 valence electrons. The topological polar surface area (TPSA) is 26.3 Å². The Morgan fingerprint density at radius 3 is 1.46 bits per heavy atom. The van der Waals surface area contributed by atoms with Crippen LogP contribution in [0.1, 0.15) is 11.5 Å². The molecule has 4 heterocycles. The summed E-state index contributed by atoms with van der Waals surface area (Å²) in [5.74, 6) is 3.79. The van der Waals surface area contributed by atoms with Gasteiger partial charge in [-0.25, -0.2) is 0 Å². The van der Waals surface area contributed by atoms with Crippen molar-refractivity contribution in [2.75, 3.05) is 0 Å². The van der Waals surface area contributed by atoms with Crippen LogP contribution in [0, 0.1) is 13.8 Å². The molecule has 0 bridgehead atoms. The smallest absolute Gasteiger partial charge is 0.144 e. The Morgan fingerprint density at radius 2 is 1.08 bits per heavy atom. The Kier molecular flexibility index (Phi) is 2.99. The Labute approximate surface area is 147 Å². The first-order chi connectivity index (χ1) is 11.7. The minimum atomic E-state index is 0.946. The second-order valence-corrected chi connectivity index (χ2v) is 8.14. The monoisotopic (exact) mass is 350 g/mol. The molecule has 0 saturated heterocycles. The molecule has 0 aliphatic rings. The van der Waals surface area contributed by atoms with Crippen LogP contribution in [0.5, 0.6) is 0 Å². The predicted octanol–water partition coefficient (Wildman–Crippen LogP) is 7.25. The highest BCUT2D eigenvalue weighted by atomic mass is 32.1. The number of thiophene rings is 2. The molecule has 0 spiro atoms. The summed E-state index contributed by atoms with van der Waals surface area (Å²) in [6.45, 7) is 3.95. The fourth-order valence-electron chi connectivity index (χ4n) is 2.95. The minimum absolute atomic E-state index is 0.946. The zero-order valence-electron chi connectivity index (χ0n) is 13.3. The van der Waals surface area contributed by atoms with Crippen molar-refractivity contribution in [1.82, 2.24) is 0 Å². The van der Waals surface area contributed by atoms with E-state index in [1.807, 2.05) is 38.1 Å². The Morgan fingerprint density at radius 1 is 0.625 bits per heavy atom. The van der Waals surface area contributed by atoms with Crippen LogP contribution in [0.25, 0.3) is 41.4 Å². The van der Waals surface area contributed by atoms with Gasteiger partial charge < -0.3 is 8.83 Å². The van der Waals surface area contributed by atoms with Gasteiger partial charge in [-0.15, -0.1) is 22.7 Å². The third-order valence-corrected chi connectivity index (χ3v) is 6.35.